The largest absolute Gasteiger partial charge is 0.342 e. The molecule has 1 aliphatic heterocycles. The van der Waals surface area contributed by atoms with Crippen molar-refractivity contribution in [2.24, 2.45) is 11.7 Å². The Morgan fingerprint density at radius 3 is 2.71 bits per heavy atom. The highest BCUT2D eigenvalue weighted by Gasteiger charge is 2.24. The van der Waals surface area contributed by atoms with Gasteiger partial charge in [0.05, 0.1) is 10.9 Å². The summed E-state index contributed by atoms with van der Waals surface area (Å²) in [5.74, 6) is 0.321. The molecule has 0 aromatic heterocycles. The average Bonchev–Trinajstić information content (AvgIpc) is 2.52. The van der Waals surface area contributed by atoms with Gasteiger partial charge in [0, 0.05) is 30.1 Å². The summed E-state index contributed by atoms with van der Waals surface area (Å²) in [5, 5.41) is 2.75. The smallest absolute Gasteiger partial charge is 0.253 e. The second-order valence-corrected chi connectivity index (χ2v) is 7.77. The maximum absolute atomic E-state index is 12.5. The third-order valence-electron chi connectivity index (χ3n) is 4.16. The van der Waals surface area contributed by atoms with E-state index in [-0.39, 0.29) is 35.5 Å². The molecule has 7 heteroatoms. The van der Waals surface area contributed by atoms with Gasteiger partial charge in [-0.2, -0.15) is 0 Å². The molecule has 2 unspecified atom stereocenters. The van der Waals surface area contributed by atoms with E-state index in [4.69, 9.17) is 5.73 Å². The van der Waals surface area contributed by atoms with E-state index in [2.05, 4.69) is 19.2 Å². The number of nitrogens with one attached hydrogen (secondary N) is 1. The maximum atomic E-state index is 12.5. The summed E-state index contributed by atoms with van der Waals surface area (Å²) in [7, 11) is 1.78. The number of halogens is 1. The van der Waals surface area contributed by atoms with Gasteiger partial charge in [0.1, 0.15) is 0 Å². The highest BCUT2D eigenvalue weighted by atomic mass is 35.5. The van der Waals surface area contributed by atoms with E-state index in [9.17, 15) is 9.59 Å². The van der Waals surface area contributed by atoms with Gasteiger partial charge in [0.25, 0.3) is 5.91 Å². The zero-order chi connectivity index (χ0) is 17.1. The first-order valence-electron chi connectivity index (χ1n) is 7.92. The number of nitrogens with zero attached hydrogens (tertiary/aromatic N) is 1. The molecule has 5 nitrogen and oxygen atoms in total. The molecule has 2 rings (SSSR count). The van der Waals surface area contributed by atoms with Crippen LogP contribution in [0.4, 0.5) is 5.69 Å². The summed E-state index contributed by atoms with van der Waals surface area (Å²) < 4.78 is 0. The zero-order valence-corrected chi connectivity index (χ0v) is 16.2. The molecule has 24 heavy (non-hydrogen) atoms. The van der Waals surface area contributed by atoms with Gasteiger partial charge in [-0.1, -0.05) is 13.8 Å². The summed E-state index contributed by atoms with van der Waals surface area (Å²) in [4.78, 5) is 27.0. The summed E-state index contributed by atoms with van der Waals surface area (Å²) >= 11 is 1.51. The summed E-state index contributed by atoms with van der Waals surface area (Å²) in [6.07, 6.45) is 0.773. The van der Waals surface area contributed by atoms with E-state index in [1.165, 1.54) is 11.8 Å². The van der Waals surface area contributed by atoms with Gasteiger partial charge in [0.2, 0.25) is 5.91 Å². The molecule has 0 radical (unpaired) electrons. The number of nitrogens with two attached hydrogens (primary N) is 1. The normalized spacial score (nSPS) is 17.6. The number of thioether (sulfide) groups is 1. The van der Waals surface area contributed by atoms with Crippen molar-refractivity contribution in [3.8, 4) is 0 Å². The van der Waals surface area contributed by atoms with Crippen LogP contribution in [-0.2, 0) is 4.79 Å². The topological polar surface area (TPSA) is 75.4 Å². The fourth-order valence-corrected chi connectivity index (χ4v) is 3.27. The first kappa shape index (κ1) is 20.8. The molecule has 0 fully saturated rings. The monoisotopic (exact) mass is 371 g/mol. The lowest BCUT2D eigenvalue weighted by atomic mass is 10.0. The minimum absolute atomic E-state index is 0. The standard InChI is InChI=1S/C17H25N3O2S.ClH/c1-10(2)13(18)7-8-20(4)17(22)12-5-6-15-14(9-12)19-16(21)11(3)23-15;/h5-6,9-11,13H,7-8,18H2,1-4H3,(H,19,21);1H. The lowest BCUT2D eigenvalue weighted by Gasteiger charge is -2.24. The first-order valence-corrected chi connectivity index (χ1v) is 8.80. The quantitative estimate of drug-likeness (QED) is 0.834. The van der Waals surface area contributed by atoms with E-state index < -0.39 is 0 Å². The Hall–Kier alpha value is -1.24. The number of anilines is 1. The highest BCUT2D eigenvalue weighted by molar-refractivity contribution is 8.00. The molecule has 1 aliphatic rings. The molecular formula is C17H26ClN3O2S. The number of amides is 2. The molecule has 2 amide bonds. The Morgan fingerprint density at radius 2 is 2.08 bits per heavy atom. The van der Waals surface area contributed by atoms with Gasteiger partial charge >= 0.3 is 0 Å². The minimum atomic E-state index is -0.107. The second-order valence-electron chi connectivity index (χ2n) is 6.38. The van der Waals surface area contributed by atoms with E-state index in [0.29, 0.717) is 18.0 Å². The number of hydrogen-bond acceptors (Lipinski definition) is 4. The fourth-order valence-electron chi connectivity index (χ4n) is 2.34. The van der Waals surface area contributed by atoms with Crippen LogP contribution in [0.1, 0.15) is 37.6 Å². The lowest BCUT2D eigenvalue weighted by Crippen LogP contribution is -2.34. The number of rotatable bonds is 5. The van der Waals surface area contributed by atoms with Crippen LogP contribution >= 0.6 is 24.2 Å². The molecule has 1 aromatic carbocycles. The van der Waals surface area contributed by atoms with Crippen LogP contribution in [0, 0.1) is 5.92 Å². The van der Waals surface area contributed by atoms with Crippen molar-refractivity contribution in [3.63, 3.8) is 0 Å². The summed E-state index contributed by atoms with van der Waals surface area (Å²) in [6.45, 7) is 6.65. The Bertz CT molecular complexity index is 609. The number of benzene rings is 1. The first-order chi connectivity index (χ1) is 10.8. The predicted molar refractivity (Wildman–Crippen MR) is 102 cm³/mol. The van der Waals surface area contributed by atoms with Crippen molar-refractivity contribution >= 4 is 41.7 Å². The lowest BCUT2D eigenvalue weighted by molar-refractivity contribution is -0.115. The van der Waals surface area contributed by atoms with Crippen LogP contribution in [0.5, 0.6) is 0 Å². The molecule has 0 saturated carbocycles. The number of carbonyl (C=O) groups is 2. The van der Waals surface area contributed by atoms with Crippen molar-refractivity contribution in [1.29, 1.82) is 0 Å². The van der Waals surface area contributed by atoms with Crippen LogP contribution in [0.15, 0.2) is 23.1 Å². The number of carbonyl (C=O) groups excluding carboxylic acids is 2. The predicted octanol–water partition coefficient (Wildman–Crippen LogP) is 2.99. The Kier molecular flexibility index (Phi) is 7.57. The van der Waals surface area contributed by atoms with E-state index >= 15 is 0 Å². The van der Waals surface area contributed by atoms with E-state index in [0.717, 1.165) is 17.0 Å². The van der Waals surface area contributed by atoms with Crippen molar-refractivity contribution < 1.29 is 9.59 Å². The third-order valence-corrected chi connectivity index (χ3v) is 5.34. The van der Waals surface area contributed by atoms with Crippen LogP contribution in [0.3, 0.4) is 0 Å². The van der Waals surface area contributed by atoms with Crippen molar-refractivity contribution in [2.75, 3.05) is 18.9 Å². The van der Waals surface area contributed by atoms with Gasteiger partial charge in [-0.15, -0.1) is 24.2 Å². The molecule has 1 heterocycles. The molecule has 0 saturated heterocycles. The second kappa shape index (κ2) is 8.74. The summed E-state index contributed by atoms with van der Waals surface area (Å²) in [5.41, 5.74) is 7.34. The summed E-state index contributed by atoms with van der Waals surface area (Å²) in [6, 6.07) is 5.56. The molecule has 3 N–H and O–H groups in total. The van der Waals surface area contributed by atoms with E-state index in [1.54, 1.807) is 18.0 Å². The van der Waals surface area contributed by atoms with Crippen LogP contribution in [0.2, 0.25) is 0 Å². The van der Waals surface area contributed by atoms with Gasteiger partial charge in [-0.25, -0.2) is 0 Å². The van der Waals surface area contributed by atoms with Crippen molar-refractivity contribution in [3.05, 3.63) is 23.8 Å². The average molecular weight is 372 g/mol. The van der Waals surface area contributed by atoms with E-state index in [1.807, 2.05) is 19.1 Å². The molecule has 1 aromatic rings. The SMILES string of the molecule is CC1Sc2ccc(C(=O)N(C)CCC(N)C(C)C)cc2NC1=O.Cl. The molecule has 0 bridgehead atoms. The van der Waals surface area contributed by atoms with Gasteiger partial charge in [0.15, 0.2) is 0 Å². The van der Waals surface area contributed by atoms with Crippen LogP contribution < -0.4 is 11.1 Å². The Labute approximate surface area is 154 Å². The van der Waals surface area contributed by atoms with Crippen LogP contribution in [-0.4, -0.2) is 41.6 Å². The minimum Gasteiger partial charge on any atom is -0.342 e. The zero-order valence-electron chi connectivity index (χ0n) is 14.5. The van der Waals surface area contributed by atoms with Crippen molar-refractivity contribution in [2.45, 2.75) is 43.4 Å². The molecular weight excluding hydrogens is 346 g/mol. The third kappa shape index (κ3) is 4.88. The van der Waals surface area contributed by atoms with Gasteiger partial charge in [-0.05, 0) is 37.5 Å². The highest BCUT2D eigenvalue weighted by Crippen LogP contribution is 2.36. The fraction of sp³-hybridized carbons (Fsp3) is 0.529. The molecule has 0 spiro atoms. The Morgan fingerprint density at radius 1 is 1.42 bits per heavy atom. The molecule has 0 aliphatic carbocycles. The van der Waals surface area contributed by atoms with Gasteiger partial charge in [-0.3, -0.25) is 9.59 Å². The van der Waals surface area contributed by atoms with Crippen molar-refractivity contribution in [1.82, 2.24) is 4.90 Å². The number of fused-ring (bicyclic) bond motifs is 1. The Balaban J connectivity index is 0.00000288. The van der Waals surface area contributed by atoms with Crippen LogP contribution in [0.25, 0.3) is 0 Å². The molecule has 134 valence electrons. The van der Waals surface area contributed by atoms with Gasteiger partial charge < -0.3 is 16.0 Å². The number of hydrogen-bond donors (Lipinski definition) is 2. The molecule has 2 atom stereocenters. The maximum Gasteiger partial charge on any atom is 0.253 e.